The predicted octanol–water partition coefficient (Wildman–Crippen LogP) is 9.86. The van der Waals surface area contributed by atoms with Crippen molar-refractivity contribution >= 4 is 68.7 Å². The Balaban J connectivity index is 0.000000186. The van der Waals surface area contributed by atoms with Gasteiger partial charge < -0.3 is 29.8 Å². The summed E-state index contributed by atoms with van der Waals surface area (Å²) in [5, 5.41) is 22.4. The number of phenols is 2. The summed E-state index contributed by atoms with van der Waals surface area (Å²) < 4.78 is 33.0. The highest BCUT2D eigenvalue weighted by molar-refractivity contribution is 6.34. The van der Waals surface area contributed by atoms with E-state index in [1.807, 2.05) is 9.80 Å². The largest absolute Gasteiger partial charge is 0.507 e. The highest BCUT2D eigenvalue weighted by atomic mass is 35.5. The van der Waals surface area contributed by atoms with Gasteiger partial charge in [0.2, 0.25) is 11.8 Å². The number of aromatic nitrogens is 6. The molecule has 2 aliphatic heterocycles. The first-order valence-electron chi connectivity index (χ1n) is 25.8. The number of pyridine rings is 2. The lowest BCUT2D eigenvalue weighted by Gasteiger charge is -2.40. The van der Waals surface area contributed by atoms with E-state index in [1.54, 1.807) is 31.1 Å². The molecule has 6 aromatic rings. The molecule has 4 fully saturated rings. The summed E-state index contributed by atoms with van der Waals surface area (Å²) in [7, 11) is 0. The van der Waals surface area contributed by atoms with Gasteiger partial charge in [-0.3, -0.25) is 18.7 Å². The van der Waals surface area contributed by atoms with Crippen molar-refractivity contribution in [2.24, 2.45) is 10.8 Å². The molecule has 76 heavy (non-hydrogen) atoms. The van der Waals surface area contributed by atoms with Gasteiger partial charge >= 0.3 is 11.4 Å². The Kier molecular flexibility index (Phi) is 15.3. The lowest BCUT2D eigenvalue weighted by Crippen LogP contribution is -2.49. The first-order valence-corrected chi connectivity index (χ1v) is 26.5. The average molecular weight is 1080 g/mol. The summed E-state index contributed by atoms with van der Waals surface area (Å²) in [6.45, 7) is 19.3. The number of carbonyl (C=O) groups is 2. The normalized spacial score (nSPS) is 19.5. The quantitative estimate of drug-likeness (QED) is 0.138. The highest BCUT2D eigenvalue weighted by Crippen LogP contribution is 2.47. The standard InChI is InChI=1S/2C28H31ClFN5O3/c2*1-4-22(37)33-12-14-34(15-13-33)25-17-16-18(29)24(23-19(30)8-7-9-20(23)36)31-26(17)35(27(38)32-25)21-10-5-6-11-28(21,2)3/h2*4,7-9,16,21,36H,1,5-6,10-15H2,2-3H3/t2*21-/m10/s1. The number of hydrogen-bond donors (Lipinski definition) is 2. The number of carbonyl (C=O) groups excluding carboxylic acids is 2. The SMILES string of the molecule is C=CC(=O)N1CCN(c2nc(=O)n([C@@H]3CCCCC3(C)C)c3nc(-c4c(O)cccc4F)c(Cl)cc23)CC1.C=CC(=O)N1CCN(c2nc(=O)n([C@H]3CCCCC3(C)C)c3nc(-c4c(O)cccc4F)c(Cl)cc23)CC1. The minimum atomic E-state index is -0.664. The molecule has 400 valence electrons. The highest BCUT2D eigenvalue weighted by Gasteiger charge is 2.39. The fourth-order valence-corrected chi connectivity index (χ4v) is 12.1. The number of aromatic hydroxyl groups is 2. The average Bonchev–Trinajstić information content (AvgIpc) is 3.39. The van der Waals surface area contributed by atoms with E-state index in [0.29, 0.717) is 86.1 Å². The van der Waals surface area contributed by atoms with Crippen LogP contribution in [0.3, 0.4) is 0 Å². The third-order valence-electron chi connectivity index (χ3n) is 15.8. The van der Waals surface area contributed by atoms with Crippen LogP contribution in [0.1, 0.15) is 91.1 Å². The number of rotatable bonds is 8. The van der Waals surface area contributed by atoms with Crippen LogP contribution in [0.5, 0.6) is 11.5 Å². The predicted molar refractivity (Wildman–Crippen MR) is 292 cm³/mol. The molecule has 6 heterocycles. The number of fused-ring (bicyclic) bond motifs is 2. The van der Waals surface area contributed by atoms with E-state index in [2.05, 4.69) is 50.8 Å². The molecule has 2 atom stereocenters. The summed E-state index contributed by atoms with van der Waals surface area (Å²) in [4.78, 5) is 77.5. The first-order chi connectivity index (χ1) is 36.2. The number of nitrogens with zero attached hydrogens (tertiary/aromatic N) is 10. The van der Waals surface area contributed by atoms with Crippen molar-refractivity contribution in [3.8, 4) is 34.0 Å². The fourth-order valence-electron chi connectivity index (χ4n) is 11.6. The lowest BCUT2D eigenvalue weighted by molar-refractivity contribution is -0.127. The minimum absolute atomic E-state index is 0.0649. The van der Waals surface area contributed by atoms with Crippen LogP contribution in [0.25, 0.3) is 44.6 Å². The van der Waals surface area contributed by atoms with Gasteiger partial charge in [0.1, 0.15) is 46.1 Å². The van der Waals surface area contributed by atoms with E-state index in [1.165, 1.54) is 48.6 Å². The molecule has 2 aromatic carbocycles. The van der Waals surface area contributed by atoms with E-state index in [-0.39, 0.29) is 78.8 Å². The Morgan fingerprint density at radius 3 is 1.30 bits per heavy atom. The van der Waals surface area contributed by atoms with Gasteiger partial charge in [-0.2, -0.15) is 9.97 Å². The van der Waals surface area contributed by atoms with Gasteiger partial charge in [-0.15, -0.1) is 0 Å². The summed E-state index contributed by atoms with van der Waals surface area (Å²) in [6, 6.07) is 11.0. The molecular weight excluding hydrogens is 1020 g/mol. The van der Waals surface area contributed by atoms with E-state index in [4.69, 9.17) is 33.2 Å². The smallest absolute Gasteiger partial charge is 0.351 e. The van der Waals surface area contributed by atoms with E-state index >= 15 is 0 Å². The maximum atomic E-state index is 14.9. The maximum absolute atomic E-state index is 14.9. The Bertz CT molecular complexity index is 3140. The maximum Gasteiger partial charge on any atom is 0.351 e. The summed E-state index contributed by atoms with van der Waals surface area (Å²) >= 11 is 13.3. The molecule has 0 unspecified atom stereocenters. The Morgan fingerprint density at radius 2 is 0.974 bits per heavy atom. The molecule has 4 aliphatic rings. The molecule has 2 saturated heterocycles. The molecule has 10 rings (SSSR count). The molecule has 2 aliphatic carbocycles. The van der Waals surface area contributed by atoms with Crippen LogP contribution >= 0.6 is 23.2 Å². The number of hydrogen-bond acceptors (Lipinski definition) is 12. The molecule has 0 spiro atoms. The van der Waals surface area contributed by atoms with Crippen molar-refractivity contribution in [2.45, 2.75) is 91.1 Å². The van der Waals surface area contributed by atoms with Crippen LogP contribution in [0.2, 0.25) is 10.0 Å². The van der Waals surface area contributed by atoms with E-state index in [0.717, 1.165) is 51.4 Å². The molecule has 4 aromatic heterocycles. The van der Waals surface area contributed by atoms with Crippen LogP contribution in [0.15, 0.2) is 83.4 Å². The van der Waals surface area contributed by atoms with Crippen LogP contribution < -0.4 is 21.2 Å². The molecule has 0 radical (unpaired) electrons. The zero-order chi connectivity index (χ0) is 54.4. The number of piperazine rings is 2. The van der Waals surface area contributed by atoms with Gasteiger partial charge in [0.15, 0.2) is 0 Å². The number of halogens is 4. The number of anilines is 2. The van der Waals surface area contributed by atoms with Crippen LogP contribution in [0, 0.1) is 22.5 Å². The molecule has 0 bridgehead atoms. The third-order valence-corrected chi connectivity index (χ3v) is 16.4. The molecule has 2 amide bonds. The number of benzene rings is 2. The summed E-state index contributed by atoms with van der Waals surface area (Å²) in [5.74, 6) is -1.33. The second-order valence-corrected chi connectivity index (χ2v) is 22.2. The number of amides is 2. The summed E-state index contributed by atoms with van der Waals surface area (Å²) in [6.07, 6.45) is 10.1. The molecule has 2 N–H and O–H groups in total. The third kappa shape index (κ3) is 10.2. The molecular formula is C56H62Cl2F2N10O6. The van der Waals surface area contributed by atoms with Gasteiger partial charge in [-0.25, -0.2) is 28.3 Å². The summed E-state index contributed by atoms with van der Waals surface area (Å²) in [5.41, 5.74) is -0.630. The van der Waals surface area contributed by atoms with Gasteiger partial charge in [0, 0.05) is 64.4 Å². The lowest BCUT2D eigenvalue weighted by atomic mass is 9.73. The molecule has 20 heteroatoms. The monoisotopic (exact) mass is 1080 g/mol. The van der Waals surface area contributed by atoms with Crippen molar-refractivity contribution < 1.29 is 28.6 Å². The van der Waals surface area contributed by atoms with E-state index < -0.39 is 23.0 Å². The zero-order valence-electron chi connectivity index (χ0n) is 43.2. The van der Waals surface area contributed by atoms with Crippen LogP contribution in [0.4, 0.5) is 20.4 Å². The van der Waals surface area contributed by atoms with Crippen LogP contribution in [-0.2, 0) is 9.59 Å². The first kappa shape index (κ1) is 53.9. The van der Waals surface area contributed by atoms with Crippen molar-refractivity contribution in [2.75, 3.05) is 62.2 Å². The molecule has 2 saturated carbocycles. The second kappa shape index (κ2) is 21.6. The Morgan fingerprint density at radius 1 is 0.605 bits per heavy atom. The van der Waals surface area contributed by atoms with Crippen molar-refractivity contribution in [1.82, 2.24) is 38.9 Å². The van der Waals surface area contributed by atoms with Crippen molar-refractivity contribution in [3.63, 3.8) is 0 Å². The van der Waals surface area contributed by atoms with Gasteiger partial charge in [-0.1, -0.05) is 102 Å². The van der Waals surface area contributed by atoms with Crippen LogP contribution in [-0.4, -0.2) is 113 Å². The van der Waals surface area contributed by atoms with Gasteiger partial charge in [-0.05, 0) is 85.1 Å². The molecule has 16 nitrogen and oxygen atoms in total. The second-order valence-electron chi connectivity index (χ2n) is 21.4. The van der Waals surface area contributed by atoms with Gasteiger partial charge in [0.25, 0.3) is 0 Å². The Hall–Kier alpha value is -6.92. The number of phenolic OH excluding ortho intramolecular Hbond substituents is 2. The topological polar surface area (TPSA) is 183 Å². The van der Waals surface area contributed by atoms with Crippen molar-refractivity contribution in [1.29, 1.82) is 0 Å². The van der Waals surface area contributed by atoms with Crippen molar-refractivity contribution in [3.05, 3.63) is 116 Å². The zero-order valence-corrected chi connectivity index (χ0v) is 44.7. The van der Waals surface area contributed by atoms with Gasteiger partial charge in [0.05, 0.1) is 43.3 Å². The van der Waals surface area contributed by atoms with E-state index in [9.17, 15) is 38.2 Å². The fraction of sp³-hybridized carbons (Fsp3) is 0.429. The Labute approximate surface area is 448 Å². The minimum Gasteiger partial charge on any atom is -0.507 e.